The van der Waals surface area contributed by atoms with Crippen molar-refractivity contribution < 1.29 is 31.1 Å². The number of hydrogen-bond acceptors (Lipinski definition) is 3. The van der Waals surface area contributed by atoms with Crippen molar-refractivity contribution >= 4 is 16.8 Å². The standard InChI is InChI=1S/C34H34F6N4O/c1-20-3-9-25(31(36)30(20)35)32(37)44-15-11-24(12-16-44)41-33(45)22-6-10-28-26(17-22)27-19-43(14-13-29(27)42(28)2)18-21-4-7-23(8-5-21)34(38,39)40/h3-10,17,24,32H,11-16,18-19H2,1-2H3,(H,41,45). The molecule has 1 atom stereocenters. The van der Waals surface area contributed by atoms with Crippen LogP contribution in [0, 0.1) is 18.6 Å². The Morgan fingerprint density at radius 1 is 0.978 bits per heavy atom. The van der Waals surface area contributed by atoms with Crippen molar-refractivity contribution in [1.29, 1.82) is 0 Å². The summed E-state index contributed by atoms with van der Waals surface area (Å²) in [6, 6.07) is 13.3. The molecule has 6 rings (SSSR count). The van der Waals surface area contributed by atoms with Gasteiger partial charge in [-0.3, -0.25) is 14.6 Å². The van der Waals surface area contributed by atoms with Gasteiger partial charge in [-0.05, 0) is 66.8 Å². The van der Waals surface area contributed by atoms with Gasteiger partial charge in [0.2, 0.25) is 0 Å². The molecule has 1 saturated heterocycles. The molecule has 1 fully saturated rings. The summed E-state index contributed by atoms with van der Waals surface area (Å²) >= 11 is 0. The monoisotopic (exact) mass is 628 g/mol. The highest BCUT2D eigenvalue weighted by atomic mass is 19.4. The lowest BCUT2D eigenvalue weighted by atomic mass is 10.0. The zero-order chi connectivity index (χ0) is 32.0. The van der Waals surface area contributed by atoms with Crippen LogP contribution in [-0.4, -0.2) is 46.0 Å². The van der Waals surface area contributed by atoms with E-state index in [4.69, 9.17) is 0 Å². The second kappa shape index (κ2) is 12.2. The van der Waals surface area contributed by atoms with Gasteiger partial charge in [-0.25, -0.2) is 13.2 Å². The molecule has 3 aromatic carbocycles. The number of piperidine rings is 1. The molecule has 11 heteroatoms. The van der Waals surface area contributed by atoms with Gasteiger partial charge >= 0.3 is 6.18 Å². The molecule has 0 radical (unpaired) electrons. The molecule has 0 spiro atoms. The maximum atomic E-state index is 15.1. The van der Waals surface area contributed by atoms with Crippen LogP contribution in [0.5, 0.6) is 0 Å². The lowest BCUT2D eigenvalue weighted by Crippen LogP contribution is -2.45. The second-order valence-electron chi connectivity index (χ2n) is 12.1. The number of alkyl halides is 4. The van der Waals surface area contributed by atoms with E-state index in [1.807, 2.05) is 19.2 Å². The third kappa shape index (κ3) is 6.20. The lowest BCUT2D eigenvalue weighted by Gasteiger charge is -2.34. The first-order valence-corrected chi connectivity index (χ1v) is 15.0. The van der Waals surface area contributed by atoms with Gasteiger partial charge in [0.1, 0.15) is 0 Å². The molecule has 2 aliphatic rings. The second-order valence-corrected chi connectivity index (χ2v) is 12.1. The van der Waals surface area contributed by atoms with Crippen LogP contribution in [0.2, 0.25) is 0 Å². The first kappa shape index (κ1) is 31.2. The van der Waals surface area contributed by atoms with E-state index in [2.05, 4.69) is 14.8 Å². The molecule has 1 N–H and O–H groups in total. The van der Waals surface area contributed by atoms with E-state index >= 15 is 4.39 Å². The molecule has 4 aromatic rings. The van der Waals surface area contributed by atoms with Crippen LogP contribution in [0.4, 0.5) is 26.3 Å². The van der Waals surface area contributed by atoms with Crippen LogP contribution >= 0.6 is 0 Å². The number of aromatic nitrogens is 1. The Bertz CT molecular complexity index is 1720. The summed E-state index contributed by atoms with van der Waals surface area (Å²) < 4.78 is 84.5. The van der Waals surface area contributed by atoms with Crippen molar-refractivity contribution in [2.75, 3.05) is 19.6 Å². The predicted octanol–water partition coefficient (Wildman–Crippen LogP) is 7.20. The van der Waals surface area contributed by atoms with Crippen molar-refractivity contribution in [3.05, 3.63) is 105 Å². The smallest absolute Gasteiger partial charge is 0.349 e. The minimum atomic E-state index is -4.37. The van der Waals surface area contributed by atoms with Gasteiger partial charge in [-0.2, -0.15) is 13.2 Å². The van der Waals surface area contributed by atoms with E-state index in [0.717, 1.165) is 47.1 Å². The van der Waals surface area contributed by atoms with Crippen molar-refractivity contribution in [3.8, 4) is 0 Å². The van der Waals surface area contributed by atoms with Gasteiger partial charge in [0, 0.05) is 80.0 Å². The average molecular weight is 629 g/mol. The highest BCUT2D eigenvalue weighted by molar-refractivity contribution is 5.99. The predicted molar refractivity (Wildman–Crippen MR) is 159 cm³/mol. The minimum Gasteiger partial charge on any atom is -0.349 e. The third-order valence-electron chi connectivity index (χ3n) is 9.18. The molecule has 238 valence electrons. The highest BCUT2D eigenvalue weighted by Gasteiger charge is 2.31. The number of nitrogens with one attached hydrogen (secondary N) is 1. The maximum Gasteiger partial charge on any atom is 0.416 e. The Morgan fingerprint density at radius 3 is 2.38 bits per heavy atom. The topological polar surface area (TPSA) is 40.5 Å². The van der Waals surface area contributed by atoms with Gasteiger partial charge in [0.25, 0.3) is 5.91 Å². The van der Waals surface area contributed by atoms with Gasteiger partial charge in [-0.1, -0.05) is 24.3 Å². The molecule has 45 heavy (non-hydrogen) atoms. The maximum absolute atomic E-state index is 15.1. The largest absolute Gasteiger partial charge is 0.416 e. The Kier molecular flexibility index (Phi) is 8.43. The summed E-state index contributed by atoms with van der Waals surface area (Å²) in [5.41, 5.74) is 3.69. The molecule has 5 nitrogen and oxygen atoms in total. The van der Waals surface area contributed by atoms with Crippen LogP contribution < -0.4 is 5.32 Å². The molecule has 2 aliphatic heterocycles. The Balaban J connectivity index is 1.11. The first-order valence-electron chi connectivity index (χ1n) is 15.0. The molecule has 0 aliphatic carbocycles. The number of rotatable bonds is 6. The fourth-order valence-electron chi connectivity index (χ4n) is 6.55. The number of carbonyl (C=O) groups excluding carboxylic acids is 1. The average Bonchev–Trinajstić information content (AvgIpc) is 3.30. The molecule has 1 unspecified atom stereocenters. The first-order chi connectivity index (χ1) is 21.4. The zero-order valence-corrected chi connectivity index (χ0v) is 25.0. The van der Waals surface area contributed by atoms with Crippen LogP contribution in [0.3, 0.4) is 0 Å². The number of hydrogen-bond donors (Lipinski definition) is 1. The fourth-order valence-corrected chi connectivity index (χ4v) is 6.55. The number of halogens is 6. The third-order valence-corrected chi connectivity index (χ3v) is 9.18. The van der Waals surface area contributed by atoms with Crippen LogP contribution in [-0.2, 0) is 32.7 Å². The number of likely N-dealkylation sites (tertiary alicyclic amines) is 1. The summed E-state index contributed by atoms with van der Waals surface area (Å²) in [6.07, 6.45) is -4.45. The van der Waals surface area contributed by atoms with E-state index < -0.39 is 29.7 Å². The van der Waals surface area contributed by atoms with E-state index in [1.54, 1.807) is 6.07 Å². The number of amides is 1. The molecular weight excluding hydrogens is 594 g/mol. The normalized spacial score (nSPS) is 17.4. The van der Waals surface area contributed by atoms with E-state index in [-0.39, 0.29) is 36.2 Å². The molecule has 1 amide bonds. The van der Waals surface area contributed by atoms with Gasteiger partial charge < -0.3 is 9.88 Å². The van der Waals surface area contributed by atoms with Crippen molar-refractivity contribution in [2.45, 2.75) is 57.8 Å². The van der Waals surface area contributed by atoms with Crippen molar-refractivity contribution in [3.63, 3.8) is 0 Å². The number of fused-ring (bicyclic) bond motifs is 3. The van der Waals surface area contributed by atoms with E-state index in [0.29, 0.717) is 31.5 Å². The Hall–Kier alpha value is -3.83. The Morgan fingerprint density at radius 2 is 1.69 bits per heavy atom. The van der Waals surface area contributed by atoms with Crippen LogP contribution in [0.1, 0.15) is 63.0 Å². The van der Waals surface area contributed by atoms with E-state index in [9.17, 15) is 26.7 Å². The molecular formula is C34H34F6N4O. The summed E-state index contributed by atoms with van der Waals surface area (Å²) in [5.74, 6) is -2.45. The van der Waals surface area contributed by atoms with Crippen LogP contribution in [0.15, 0.2) is 54.6 Å². The number of carbonyl (C=O) groups is 1. The van der Waals surface area contributed by atoms with Crippen molar-refractivity contribution in [2.24, 2.45) is 7.05 Å². The van der Waals surface area contributed by atoms with Gasteiger partial charge in [0.05, 0.1) is 5.56 Å². The van der Waals surface area contributed by atoms with Crippen LogP contribution in [0.25, 0.3) is 10.9 Å². The lowest BCUT2D eigenvalue weighted by molar-refractivity contribution is -0.137. The quantitative estimate of drug-likeness (QED) is 0.181. The van der Waals surface area contributed by atoms with Gasteiger partial charge in [0.15, 0.2) is 17.9 Å². The summed E-state index contributed by atoms with van der Waals surface area (Å²) in [5, 5.41) is 4.01. The number of benzene rings is 3. The minimum absolute atomic E-state index is 0.120. The molecule has 3 heterocycles. The summed E-state index contributed by atoms with van der Waals surface area (Å²) in [4.78, 5) is 16.9. The Labute approximate surface area is 257 Å². The SMILES string of the molecule is Cc1ccc(C(F)N2CCC(NC(=O)c3ccc4c(c3)c3c(n4C)CCN(Cc4ccc(C(F)(F)F)cc4)C3)CC2)c(F)c1F. The summed E-state index contributed by atoms with van der Waals surface area (Å²) in [6.45, 7) is 3.86. The molecule has 0 bridgehead atoms. The molecule has 1 aromatic heterocycles. The van der Waals surface area contributed by atoms with Gasteiger partial charge in [-0.15, -0.1) is 0 Å². The van der Waals surface area contributed by atoms with E-state index in [1.165, 1.54) is 41.8 Å². The highest BCUT2D eigenvalue weighted by Crippen LogP contribution is 2.33. The number of aryl methyl sites for hydroxylation is 2. The summed E-state index contributed by atoms with van der Waals surface area (Å²) in [7, 11) is 2.00. The number of nitrogens with zero attached hydrogens (tertiary/aromatic N) is 3. The zero-order valence-electron chi connectivity index (χ0n) is 25.0. The fraction of sp³-hybridized carbons (Fsp3) is 0.382. The van der Waals surface area contributed by atoms with Crippen molar-refractivity contribution in [1.82, 2.24) is 19.7 Å². The molecule has 0 saturated carbocycles.